The van der Waals surface area contributed by atoms with Gasteiger partial charge in [0.1, 0.15) is 0 Å². The van der Waals surface area contributed by atoms with E-state index >= 15 is 0 Å². The summed E-state index contributed by atoms with van der Waals surface area (Å²) in [5, 5.41) is 0. The van der Waals surface area contributed by atoms with Crippen molar-refractivity contribution < 1.29 is 33.0 Å². The van der Waals surface area contributed by atoms with Crippen molar-refractivity contribution in [1.82, 2.24) is 0 Å². The maximum atomic E-state index is 14.0. The molecule has 2 fully saturated rings. The highest BCUT2D eigenvalue weighted by atomic mass is 19.1. The number of alkyl halides is 1. The van der Waals surface area contributed by atoms with Crippen LogP contribution in [0.1, 0.15) is 34.9 Å². The van der Waals surface area contributed by atoms with Crippen LogP contribution in [0, 0.1) is 24.7 Å². The number of halogens is 1. The molecular weight excluding hydrogens is 331 g/mol. The Kier molecular flexibility index (Phi) is 3.49. The third-order valence-electron chi connectivity index (χ3n) is 5.46. The lowest BCUT2D eigenvalue weighted by molar-refractivity contribution is -0.156. The van der Waals surface area contributed by atoms with Crippen molar-refractivity contribution in [2.75, 3.05) is 6.67 Å². The summed E-state index contributed by atoms with van der Waals surface area (Å²) in [6.07, 6.45) is -0.159. The predicted molar refractivity (Wildman–Crippen MR) is 79.9 cm³/mol. The van der Waals surface area contributed by atoms with Crippen molar-refractivity contribution in [3.63, 3.8) is 0 Å². The number of fused-ring (bicyclic) bond motifs is 3. The van der Waals surface area contributed by atoms with E-state index in [-0.39, 0.29) is 6.42 Å². The second-order valence-electron chi connectivity index (χ2n) is 6.82. The number of aryl methyl sites for hydroxylation is 1. The van der Waals surface area contributed by atoms with Crippen molar-refractivity contribution in [1.29, 1.82) is 0 Å². The number of rotatable bonds is 2. The highest BCUT2D eigenvalue weighted by Gasteiger charge is 2.58. The molecule has 2 aliphatic heterocycles. The van der Waals surface area contributed by atoms with Gasteiger partial charge in [0.15, 0.2) is 0 Å². The SMILES string of the molecule is Cc1ccc2c(c1)C1C(=O)OC(=O)C1C(CF)C2C1CC(=O)OC1=O. The summed E-state index contributed by atoms with van der Waals surface area (Å²) in [5.74, 6) is -7.17. The molecule has 1 aromatic rings. The molecule has 3 aliphatic rings. The first-order chi connectivity index (χ1) is 11.9. The summed E-state index contributed by atoms with van der Waals surface area (Å²) >= 11 is 0. The average Bonchev–Trinajstić information content (AvgIpc) is 3.04. The highest BCUT2D eigenvalue weighted by molar-refractivity contribution is 6.01. The molecule has 0 aromatic heterocycles. The molecule has 7 heteroatoms. The summed E-state index contributed by atoms with van der Waals surface area (Å²) in [7, 11) is 0. The molecule has 130 valence electrons. The molecule has 4 rings (SSSR count). The summed E-state index contributed by atoms with van der Waals surface area (Å²) in [6.45, 7) is 0.931. The fraction of sp³-hybridized carbons (Fsp3) is 0.444. The fourth-order valence-corrected chi connectivity index (χ4v) is 4.45. The van der Waals surface area contributed by atoms with Crippen molar-refractivity contribution in [2.24, 2.45) is 17.8 Å². The molecule has 25 heavy (non-hydrogen) atoms. The summed E-state index contributed by atoms with van der Waals surface area (Å²) in [6, 6.07) is 5.29. The molecule has 0 spiro atoms. The van der Waals surface area contributed by atoms with Crippen LogP contribution in [0.4, 0.5) is 4.39 Å². The monoisotopic (exact) mass is 346 g/mol. The van der Waals surface area contributed by atoms with Crippen molar-refractivity contribution in [3.8, 4) is 0 Å². The lowest BCUT2D eigenvalue weighted by Crippen LogP contribution is -2.40. The quantitative estimate of drug-likeness (QED) is 0.596. The van der Waals surface area contributed by atoms with E-state index in [0.717, 1.165) is 5.56 Å². The third kappa shape index (κ3) is 2.22. The van der Waals surface area contributed by atoms with Crippen molar-refractivity contribution in [3.05, 3.63) is 34.9 Å². The first-order valence-electron chi connectivity index (χ1n) is 8.09. The lowest BCUT2D eigenvalue weighted by Gasteiger charge is -2.39. The largest absolute Gasteiger partial charge is 0.393 e. The number of cyclic esters (lactones) is 4. The van der Waals surface area contributed by atoms with E-state index in [9.17, 15) is 23.6 Å². The van der Waals surface area contributed by atoms with Gasteiger partial charge in [0.05, 0.1) is 30.8 Å². The minimum absolute atomic E-state index is 0.159. The predicted octanol–water partition coefficient (Wildman–Crippen LogP) is 1.55. The Hall–Kier alpha value is -2.57. The second kappa shape index (κ2) is 5.47. The van der Waals surface area contributed by atoms with Crippen molar-refractivity contribution in [2.45, 2.75) is 25.2 Å². The summed E-state index contributed by atoms with van der Waals surface area (Å²) in [5.41, 5.74) is 2.05. The Balaban J connectivity index is 1.91. The van der Waals surface area contributed by atoms with Gasteiger partial charge in [-0.05, 0) is 18.1 Å². The molecule has 5 atom stereocenters. The number of carbonyl (C=O) groups excluding carboxylic acids is 4. The zero-order valence-electron chi connectivity index (χ0n) is 13.4. The van der Waals surface area contributed by atoms with Gasteiger partial charge in [-0.3, -0.25) is 23.6 Å². The molecule has 1 aliphatic carbocycles. The minimum Gasteiger partial charge on any atom is -0.393 e. The Morgan fingerprint density at radius 1 is 1.00 bits per heavy atom. The van der Waals surface area contributed by atoms with Gasteiger partial charge in [0.2, 0.25) is 0 Å². The maximum Gasteiger partial charge on any atom is 0.321 e. The van der Waals surface area contributed by atoms with Crippen molar-refractivity contribution >= 4 is 23.9 Å². The minimum atomic E-state index is -0.986. The van der Waals surface area contributed by atoms with E-state index in [0.29, 0.717) is 11.1 Å². The molecule has 0 bridgehead atoms. The summed E-state index contributed by atoms with van der Waals surface area (Å²) < 4.78 is 23.4. The molecule has 0 amide bonds. The van der Waals surface area contributed by atoms with Crippen LogP contribution in [-0.2, 0) is 28.7 Å². The van der Waals surface area contributed by atoms with Gasteiger partial charge in [-0.2, -0.15) is 0 Å². The van der Waals surface area contributed by atoms with E-state index in [1.807, 2.05) is 6.92 Å². The number of carbonyl (C=O) groups is 4. The molecule has 0 N–H and O–H groups in total. The van der Waals surface area contributed by atoms with E-state index in [1.165, 1.54) is 0 Å². The van der Waals surface area contributed by atoms with E-state index < -0.39 is 60.1 Å². The van der Waals surface area contributed by atoms with Crippen LogP contribution < -0.4 is 0 Å². The Morgan fingerprint density at radius 2 is 1.76 bits per heavy atom. The van der Waals surface area contributed by atoms with E-state index in [1.54, 1.807) is 18.2 Å². The van der Waals surface area contributed by atoms with Crippen LogP contribution in [0.5, 0.6) is 0 Å². The summed E-state index contributed by atoms with van der Waals surface area (Å²) in [4.78, 5) is 48.0. The molecule has 2 heterocycles. The average molecular weight is 346 g/mol. The molecule has 5 unspecified atom stereocenters. The van der Waals surface area contributed by atoms with Gasteiger partial charge < -0.3 is 9.47 Å². The zero-order valence-corrected chi connectivity index (χ0v) is 13.4. The molecule has 0 saturated carbocycles. The Labute approximate surface area is 142 Å². The van der Waals surface area contributed by atoms with Crippen LogP contribution >= 0.6 is 0 Å². The number of hydrogen-bond acceptors (Lipinski definition) is 6. The van der Waals surface area contributed by atoms with Gasteiger partial charge in [0, 0.05) is 11.8 Å². The van der Waals surface area contributed by atoms with Crippen LogP contribution in [0.25, 0.3) is 0 Å². The smallest absolute Gasteiger partial charge is 0.321 e. The Morgan fingerprint density at radius 3 is 2.40 bits per heavy atom. The van der Waals surface area contributed by atoms with Gasteiger partial charge >= 0.3 is 23.9 Å². The molecule has 1 aromatic carbocycles. The molecule has 0 radical (unpaired) electrons. The number of hydrogen-bond donors (Lipinski definition) is 0. The van der Waals surface area contributed by atoms with Gasteiger partial charge in [0.25, 0.3) is 0 Å². The van der Waals surface area contributed by atoms with Crippen LogP contribution in [0.3, 0.4) is 0 Å². The molecule has 6 nitrogen and oxygen atoms in total. The first-order valence-corrected chi connectivity index (χ1v) is 8.09. The Bertz CT molecular complexity index is 816. The van der Waals surface area contributed by atoms with Gasteiger partial charge in [-0.1, -0.05) is 23.8 Å². The lowest BCUT2D eigenvalue weighted by atomic mass is 9.61. The number of ether oxygens (including phenoxy) is 2. The maximum absolute atomic E-state index is 14.0. The van der Waals surface area contributed by atoms with Gasteiger partial charge in [-0.15, -0.1) is 0 Å². The third-order valence-corrected chi connectivity index (χ3v) is 5.46. The van der Waals surface area contributed by atoms with Crippen LogP contribution in [-0.4, -0.2) is 30.6 Å². The number of benzene rings is 1. The topological polar surface area (TPSA) is 86.7 Å². The molecule has 2 saturated heterocycles. The second-order valence-corrected chi connectivity index (χ2v) is 6.82. The molecular formula is C18H15FO6. The van der Waals surface area contributed by atoms with Gasteiger partial charge in [-0.25, -0.2) is 0 Å². The highest BCUT2D eigenvalue weighted by Crippen LogP contribution is 2.54. The van der Waals surface area contributed by atoms with E-state index in [2.05, 4.69) is 4.74 Å². The van der Waals surface area contributed by atoms with E-state index in [4.69, 9.17) is 4.74 Å². The van der Waals surface area contributed by atoms with Crippen LogP contribution in [0.2, 0.25) is 0 Å². The fourth-order valence-electron chi connectivity index (χ4n) is 4.45. The first kappa shape index (κ1) is 15.9. The van der Waals surface area contributed by atoms with Crippen LogP contribution in [0.15, 0.2) is 18.2 Å². The normalized spacial score (nSPS) is 33.8. The number of esters is 4. The zero-order chi connectivity index (χ0) is 17.9. The standard InChI is InChI=1S/C18H15FO6/c1-7-2-3-8-9(4-7)14-15(18(23)25-17(14)22)11(6-19)13(8)10-5-12(20)24-16(10)21/h2-4,10-11,13-15H,5-6H2,1H3.